The average molecular weight is 259 g/mol. The molecular weight excluding hydrogens is 226 g/mol. The minimum atomic E-state index is 0.165. The number of rotatable bonds is 12. The van der Waals surface area contributed by atoms with Crippen molar-refractivity contribution in [1.82, 2.24) is 5.32 Å². The first-order chi connectivity index (χ1) is 8.60. The molecule has 0 amide bonds. The molecule has 110 valence electrons. The summed E-state index contributed by atoms with van der Waals surface area (Å²) < 4.78 is 11.2. The Morgan fingerprint density at radius 1 is 1.06 bits per heavy atom. The maximum absolute atomic E-state index is 6.03. The molecule has 0 aromatic rings. The van der Waals surface area contributed by atoms with Gasteiger partial charge in [0.25, 0.3) is 0 Å². The summed E-state index contributed by atoms with van der Waals surface area (Å²) in [5.74, 6) is 0. The van der Waals surface area contributed by atoms with Crippen LogP contribution in [0.2, 0.25) is 0 Å². The first-order valence-electron chi connectivity index (χ1n) is 7.47. The van der Waals surface area contributed by atoms with Crippen molar-refractivity contribution in [2.45, 2.75) is 78.0 Å². The fraction of sp³-hybridized carbons (Fsp3) is 1.00. The first kappa shape index (κ1) is 17.9. The van der Waals surface area contributed by atoms with E-state index in [4.69, 9.17) is 9.47 Å². The highest BCUT2D eigenvalue weighted by molar-refractivity contribution is 4.65. The molecule has 3 nitrogen and oxygen atoms in total. The van der Waals surface area contributed by atoms with Gasteiger partial charge in [-0.25, -0.2) is 0 Å². The van der Waals surface area contributed by atoms with Crippen molar-refractivity contribution >= 4 is 0 Å². The molecule has 3 heteroatoms. The Balaban J connectivity index is 3.76. The van der Waals surface area contributed by atoms with E-state index in [1.807, 2.05) is 0 Å². The number of unbranched alkanes of at least 4 members (excludes halogenated alkanes) is 3. The van der Waals surface area contributed by atoms with Crippen molar-refractivity contribution < 1.29 is 9.47 Å². The summed E-state index contributed by atoms with van der Waals surface area (Å²) in [5, 5.41) is 3.41. The van der Waals surface area contributed by atoms with Gasteiger partial charge in [-0.2, -0.15) is 0 Å². The van der Waals surface area contributed by atoms with E-state index < -0.39 is 0 Å². The van der Waals surface area contributed by atoms with Crippen LogP contribution >= 0.6 is 0 Å². The standard InChI is InChI=1S/C15H33NO2/c1-6-7-8-9-10-14(4)18-15(12-17-5)11-16-13(2)3/h13-16H,6-12H2,1-5H3. The van der Waals surface area contributed by atoms with Crippen LogP contribution in [0.25, 0.3) is 0 Å². The van der Waals surface area contributed by atoms with Crippen LogP contribution < -0.4 is 5.32 Å². The maximum Gasteiger partial charge on any atom is 0.0935 e. The Hall–Kier alpha value is -0.120. The summed E-state index contributed by atoms with van der Waals surface area (Å²) in [4.78, 5) is 0. The zero-order valence-electron chi connectivity index (χ0n) is 13.0. The highest BCUT2D eigenvalue weighted by atomic mass is 16.5. The molecule has 0 aromatic carbocycles. The summed E-state index contributed by atoms with van der Waals surface area (Å²) in [7, 11) is 1.73. The number of hydrogen-bond acceptors (Lipinski definition) is 3. The lowest BCUT2D eigenvalue weighted by atomic mass is 10.1. The Morgan fingerprint density at radius 2 is 1.78 bits per heavy atom. The molecule has 0 heterocycles. The van der Waals surface area contributed by atoms with E-state index in [-0.39, 0.29) is 6.10 Å². The highest BCUT2D eigenvalue weighted by Crippen LogP contribution is 2.10. The lowest BCUT2D eigenvalue weighted by Crippen LogP contribution is -2.37. The van der Waals surface area contributed by atoms with Gasteiger partial charge >= 0.3 is 0 Å². The van der Waals surface area contributed by atoms with Crippen molar-refractivity contribution in [3.63, 3.8) is 0 Å². The van der Waals surface area contributed by atoms with Gasteiger partial charge in [0, 0.05) is 19.7 Å². The topological polar surface area (TPSA) is 30.5 Å². The molecule has 0 bridgehead atoms. The van der Waals surface area contributed by atoms with Gasteiger partial charge in [0.05, 0.1) is 18.8 Å². The second kappa shape index (κ2) is 11.9. The molecular formula is C15H33NO2. The van der Waals surface area contributed by atoms with Gasteiger partial charge in [-0.1, -0.05) is 46.5 Å². The third kappa shape index (κ3) is 11.0. The molecule has 0 radical (unpaired) electrons. The van der Waals surface area contributed by atoms with Gasteiger partial charge in [0.2, 0.25) is 0 Å². The van der Waals surface area contributed by atoms with Gasteiger partial charge < -0.3 is 14.8 Å². The van der Waals surface area contributed by atoms with E-state index in [2.05, 4.69) is 33.0 Å². The molecule has 18 heavy (non-hydrogen) atoms. The van der Waals surface area contributed by atoms with Crippen molar-refractivity contribution in [2.24, 2.45) is 0 Å². The molecule has 0 rings (SSSR count). The van der Waals surface area contributed by atoms with Gasteiger partial charge in [0.1, 0.15) is 0 Å². The molecule has 0 aliphatic carbocycles. The van der Waals surface area contributed by atoms with E-state index in [0.29, 0.717) is 18.8 Å². The maximum atomic E-state index is 6.03. The van der Waals surface area contributed by atoms with Crippen molar-refractivity contribution in [1.29, 1.82) is 0 Å². The summed E-state index contributed by atoms with van der Waals surface area (Å²) in [5.41, 5.74) is 0. The number of nitrogens with one attached hydrogen (secondary N) is 1. The normalized spacial score (nSPS) is 15.0. The van der Waals surface area contributed by atoms with Crippen molar-refractivity contribution in [3.8, 4) is 0 Å². The van der Waals surface area contributed by atoms with Gasteiger partial charge in [-0.05, 0) is 13.3 Å². The Labute approximate surface area is 114 Å². The van der Waals surface area contributed by atoms with Crippen LogP contribution in [0.4, 0.5) is 0 Å². The predicted octanol–water partition coefficient (Wildman–Crippen LogP) is 3.37. The third-order valence-corrected chi connectivity index (χ3v) is 3.00. The minimum absolute atomic E-state index is 0.165. The van der Waals surface area contributed by atoms with Crippen LogP contribution in [0.15, 0.2) is 0 Å². The lowest BCUT2D eigenvalue weighted by Gasteiger charge is -2.23. The SMILES string of the molecule is CCCCCCC(C)OC(CNC(C)C)COC. The fourth-order valence-corrected chi connectivity index (χ4v) is 1.95. The second-order valence-corrected chi connectivity index (χ2v) is 5.44. The largest absolute Gasteiger partial charge is 0.382 e. The smallest absolute Gasteiger partial charge is 0.0935 e. The second-order valence-electron chi connectivity index (χ2n) is 5.44. The monoisotopic (exact) mass is 259 g/mol. The molecule has 0 aliphatic heterocycles. The Morgan fingerprint density at radius 3 is 2.33 bits per heavy atom. The van der Waals surface area contributed by atoms with Crippen LogP contribution in [-0.4, -0.2) is 38.5 Å². The van der Waals surface area contributed by atoms with E-state index >= 15 is 0 Å². The van der Waals surface area contributed by atoms with Crippen LogP contribution in [0.1, 0.15) is 59.8 Å². The summed E-state index contributed by atoms with van der Waals surface area (Å²) >= 11 is 0. The summed E-state index contributed by atoms with van der Waals surface area (Å²) in [6.45, 7) is 10.2. The Kier molecular flexibility index (Phi) is 11.9. The van der Waals surface area contributed by atoms with Crippen LogP contribution in [-0.2, 0) is 9.47 Å². The van der Waals surface area contributed by atoms with Crippen LogP contribution in [0.3, 0.4) is 0 Å². The molecule has 0 saturated heterocycles. The van der Waals surface area contributed by atoms with E-state index in [1.54, 1.807) is 7.11 Å². The highest BCUT2D eigenvalue weighted by Gasteiger charge is 2.13. The zero-order valence-corrected chi connectivity index (χ0v) is 13.0. The predicted molar refractivity (Wildman–Crippen MR) is 78.1 cm³/mol. The molecule has 2 unspecified atom stereocenters. The lowest BCUT2D eigenvalue weighted by molar-refractivity contribution is -0.0437. The first-order valence-corrected chi connectivity index (χ1v) is 7.47. The molecule has 2 atom stereocenters. The number of ether oxygens (including phenoxy) is 2. The molecule has 0 spiro atoms. The van der Waals surface area contributed by atoms with Crippen LogP contribution in [0, 0.1) is 0 Å². The molecule has 0 aromatic heterocycles. The summed E-state index contributed by atoms with van der Waals surface area (Å²) in [6, 6.07) is 0.493. The van der Waals surface area contributed by atoms with E-state index in [0.717, 1.165) is 13.0 Å². The summed E-state index contributed by atoms with van der Waals surface area (Å²) in [6.07, 6.45) is 6.87. The van der Waals surface area contributed by atoms with E-state index in [9.17, 15) is 0 Å². The van der Waals surface area contributed by atoms with Crippen molar-refractivity contribution in [3.05, 3.63) is 0 Å². The quantitative estimate of drug-likeness (QED) is 0.545. The molecule has 0 aliphatic rings. The van der Waals surface area contributed by atoms with Gasteiger partial charge in [0.15, 0.2) is 0 Å². The van der Waals surface area contributed by atoms with Crippen LogP contribution in [0.5, 0.6) is 0 Å². The molecule has 1 N–H and O–H groups in total. The zero-order chi connectivity index (χ0) is 13.8. The van der Waals surface area contributed by atoms with Gasteiger partial charge in [-0.3, -0.25) is 0 Å². The van der Waals surface area contributed by atoms with Crippen molar-refractivity contribution in [2.75, 3.05) is 20.3 Å². The van der Waals surface area contributed by atoms with Gasteiger partial charge in [-0.15, -0.1) is 0 Å². The number of methoxy groups -OCH3 is 1. The third-order valence-electron chi connectivity index (χ3n) is 3.00. The minimum Gasteiger partial charge on any atom is -0.382 e. The fourth-order valence-electron chi connectivity index (χ4n) is 1.95. The van der Waals surface area contributed by atoms with E-state index in [1.165, 1.54) is 25.7 Å². The Bertz CT molecular complexity index is 174. The number of hydrogen-bond donors (Lipinski definition) is 1. The average Bonchev–Trinajstić information content (AvgIpc) is 2.32. The molecule has 0 saturated carbocycles. The molecule has 0 fully saturated rings.